The molecule has 0 amide bonds. The second-order valence-corrected chi connectivity index (χ2v) is 6.14. The summed E-state index contributed by atoms with van der Waals surface area (Å²) in [5, 5.41) is 3.53. The molecular formula is C19H32N2. The Morgan fingerprint density at radius 3 is 2.57 bits per heavy atom. The molecule has 0 unspecified atom stereocenters. The van der Waals surface area contributed by atoms with Crippen LogP contribution in [0.15, 0.2) is 36.9 Å². The van der Waals surface area contributed by atoms with Crippen molar-refractivity contribution in [3.63, 3.8) is 0 Å². The first-order valence-corrected chi connectivity index (χ1v) is 8.28. The van der Waals surface area contributed by atoms with Gasteiger partial charge in [-0.25, -0.2) is 0 Å². The van der Waals surface area contributed by atoms with E-state index < -0.39 is 0 Å². The van der Waals surface area contributed by atoms with Crippen LogP contribution in [0, 0.1) is 5.92 Å². The van der Waals surface area contributed by atoms with E-state index in [0.29, 0.717) is 5.92 Å². The van der Waals surface area contributed by atoms with Gasteiger partial charge >= 0.3 is 0 Å². The summed E-state index contributed by atoms with van der Waals surface area (Å²) >= 11 is 0. The molecule has 0 aliphatic rings. The van der Waals surface area contributed by atoms with Crippen molar-refractivity contribution in [3.8, 4) is 0 Å². The molecule has 0 aliphatic carbocycles. The molecule has 0 aromatic heterocycles. The molecule has 1 rings (SSSR count). The Balaban J connectivity index is 2.58. The molecule has 0 atom stereocenters. The predicted octanol–water partition coefficient (Wildman–Crippen LogP) is 3.87. The van der Waals surface area contributed by atoms with Crippen molar-refractivity contribution in [1.82, 2.24) is 10.2 Å². The Morgan fingerprint density at radius 2 is 1.95 bits per heavy atom. The van der Waals surface area contributed by atoms with Crippen LogP contribution in [0.4, 0.5) is 0 Å². The zero-order valence-corrected chi connectivity index (χ0v) is 14.1. The normalized spacial score (nSPS) is 11.3. The topological polar surface area (TPSA) is 15.3 Å². The molecule has 0 saturated carbocycles. The minimum absolute atomic E-state index is 0.716. The SMILES string of the molecule is C=CCN(CCC)Cc1ccccc1CCNCC(C)C. The van der Waals surface area contributed by atoms with E-state index in [9.17, 15) is 0 Å². The zero-order valence-electron chi connectivity index (χ0n) is 14.1. The van der Waals surface area contributed by atoms with Crippen LogP contribution < -0.4 is 5.32 Å². The lowest BCUT2D eigenvalue weighted by atomic mass is 10.0. The van der Waals surface area contributed by atoms with Crippen molar-refractivity contribution in [2.24, 2.45) is 5.92 Å². The third-order valence-electron chi connectivity index (χ3n) is 3.56. The molecule has 0 radical (unpaired) electrons. The Kier molecular flexibility index (Phi) is 9.04. The van der Waals surface area contributed by atoms with E-state index in [1.165, 1.54) is 17.5 Å². The van der Waals surface area contributed by atoms with Crippen LogP contribution in [0.3, 0.4) is 0 Å². The van der Waals surface area contributed by atoms with Gasteiger partial charge < -0.3 is 5.32 Å². The van der Waals surface area contributed by atoms with Gasteiger partial charge in [0.25, 0.3) is 0 Å². The number of benzene rings is 1. The average Bonchev–Trinajstić information content (AvgIpc) is 2.45. The first kappa shape index (κ1) is 17.9. The van der Waals surface area contributed by atoms with Crippen LogP contribution in [0.2, 0.25) is 0 Å². The Labute approximate surface area is 131 Å². The molecule has 0 heterocycles. The van der Waals surface area contributed by atoms with E-state index in [-0.39, 0.29) is 0 Å². The van der Waals surface area contributed by atoms with Crippen molar-refractivity contribution in [2.45, 2.75) is 40.2 Å². The highest BCUT2D eigenvalue weighted by atomic mass is 15.1. The fraction of sp³-hybridized carbons (Fsp3) is 0.579. The highest BCUT2D eigenvalue weighted by Gasteiger charge is 2.07. The van der Waals surface area contributed by atoms with Crippen molar-refractivity contribution in [1.29, 1.82) is 0 Å². The van der Waals surface area contributed by atoms with Gasteiger partial charge in [0.15, 0.2) is 0 Å². The lowest BCUT2D eigenvalue weighted by molar-refractivity contribution is 0.294. The van der Waals surface area contributed by atoms with Crippen molar-refractivity contribution < 1.29 is 0 Å². The summed E-state index contributed by atoms with van der Waals surface area (Å²) in [4.78, 5) is 2.47. The van der Waals surface area contributed by atoms with Gasteiger partial charge in [-0.05, 0) is 49.5 Å². The molecule has 2 heteroatoms. The second-order valence-electron chi connectivity index (χ2n) is 6.14. The molecule has 21 heavy (non-hydrogen) atoms. The summed E-state index contributed by atoms with van der Waals surface area (Å²) in [5.74, 6) is 0.716. The average molecular weight is 288 g/mol. The molecule has 1 aromatic carbocycles. The highest BCUT2D eigenvalue weighted by Crippen LogP contribution is 2.13. The Morgan fingerprint density at radius 1 is 1.24 bits per heavy atom. The van der Waals surface area contributed by atoms with Gasteiger partial charge in [0, 0.05) is 13.1 Å². The van der Waals surface area contributed by atoms with Crippen LogP contribution in [-0.2, 0) is 13.0 Å². The van der Waals surface area contributed by atoms with Gasteiger partial charge in [-0.2, -0.15) is 0 Å². The smallest absolute Gasteiger partial charge is 0.0239 e. The molecule has 1 N–H and O–H groups in total. The lowest BCUT2D eigenvalue weighted by Crippen LogP contribution is -2.26. The van der Waals surface area contributed by atoms with Gasteiger partial charge in [0.2, 0.25) is 0 Å². The molecular weight excluding hydrogens is 256 g/mol. The minimum atomic E-state index is 0.716. The van der Waals surface area contributed by atoms with Gasteiger partial charge in [-0.15, -0.1) is 6.58 Å². The third-order valence-corrected chi connectivity index (χ3v) is 3.56. The summed E-state index contributed by atoms with van der Waals surface area (Å²) in [5.41, 5.74) is 2.93. The standard InChI is InChI=1S/C19H32N2/c1-5-13-21(14-6-2)16-19-10-8-7-9-18(19)11-12-20-15-17(3)4/h5,7-10,17,20H,1,6,11-16H2,2-4H3. The number of hydrogen-bond acceptors (Lipinski definition) is 2. The van der Waals surface area contributed by atoms with Crippen LogP contribution >= 0.6 is 0 Å². The third kappa shape index (κ3) is 7.45. The van der Waals surface area contributed by atoms with E-state index in [1.54, 1.807) is 0 Å². The maximum Gasteiger partial charge on any atom is 0.0239 e. The van der Waals surface area contributed by atoms with Crippen molar-refractivity contribution in [3.05, 3.63) is 48.0 Å². The highest BCUT2D eigenvalue weighted by molar-refractivity contribution is 5.27. The number of nitrogens with zero attached hydrogens (tertiary/aromatic N) is 1. The van der Waals surface area contributed by atoms with Gasteiger partial charge in [-0.3, -0.25) is 4.90 Å². The molecule has 118 valence electrons. The van der Waals surface area contributed by atoms with E-state index in [2.05, 4.69) is 61.8 Å². The molecule has 0 aliphatic heterocycles. The lowest BCUT2D eigenvalue weighted by Gasteiger charge is -2.21. The Bertz CT molecular complexity index is 398. The molecule has 2 nitrogen and oxygen atoms in total. The Hall–Kier alpha value is -1.12. The maximum absolute atomic E-state index is 3.87. The van der Waals surface area contributed by atoms with Gasteiger partial charge in [0.1, 0.15) is 0 Å². The van der Waals surface area contributed by atoms with Crippen molar-refractivity contribution in [2.75, 3.05) is 26.2 Å². The molecule has 0 spiro atoms. The molecule has 0 bridgehead atoms. The first-order valence-electron chi connectivity index (χ1n) is 8.28. The fourth-order valence-electron chi connectivity index (χ4n) is 2.54. The number of nitrogens with one attached hydrogen (secondary N) is 1. The van der Waals surface area contributed by atoms with Gasteiger partial charge in [0.05, 0.1) is 0 Å². The summed E-state index contributed by atoms with van der Waals surface area (Å²) in [6.45, 7) is 15.9. The summed E-state index contributed by atoms with van der Waals surface area (Å²) in [6, 6.07) is 8.84. The quantitative estimate of drug-likeness (QED) is 0.491. The van der Waals surface area contributed by atoms with Crippen LogP contribution in [-0.4, -0.2) is 31.1 Å². The van der Waals surface area contributed by atoms with E-state index in [4.69, 9.17) is 0 Å². The van der Waals surface area contributed by atoms with E-state index in [0.717, 1.165) is 39.1 Å². The second kappa shape index (κ2) is 10.6. The molecule has 0 fully saturated rings. The fourth-order valence-corrected chi connectivity index (χ4v) is 2.54. The van der Waals surface area contributed by atoms with Crippen LogP contribution in [0.25, 0.3) is 0 Å². The maximum atomic E-state index is 3.87. The van der Waals surface area contributed by atoms with Crippen LogP contribution in [0.5, 0.6) is 0 Å². The van der Waals surface area contributed by atoms with E-state index >= 15 is 0 Å². The van der Waals surface area contributed by atoms with Crippen LogP contribution in [0.1, 0.15) is 38.3 Å². The molecule has 1 aromatic rings. The van der Waals surface area contributed by atoms with E-state index in [1.807, 2.05) is 6.08 Å². The first-order chi connectivity index (χ1) is 10.2. The molecule has 0 saturated heterocycles. The van der Waals surface area contributed by atoms with Gasteiger partial charge in [-0.1, -0.05) is 51.1 Å². The monoisotopic (exact) mass is 288 g/mol. The zero-order chi connectivity index (χ0) is 15.5. The summed E-state index contributed by atoms with van der Waals surface area (Å²) in [7, 11) is 0. The largest absolute Gasteiger partial charge is 0.316 e. The summed E-state index contributed by atoms with van der Waals surface area (Å²) in [6.07, 6.45) is 4.30. The summed E-state index contributed by atoms with van der Waals surface area (Å²) < 4.78 is 0. The van der Waals surface area contributed by atoms with Crippen molar-refractivity contribution >= 4 is 0 Å². The minimum Gasteiger partial charge on any atom is -0.316 e. The number of hydrogen-bond donors (Lipinski definition) is 1. The predicted molar refractivity (Wildman–Crippen MR) is 93.6 cm³/mol. The number of rotatable bonds is 11.